The lowest BCUT2D eigenvalue weighted by molar-refractivity contribution is -0.113. The molecule has 0 unspecified atom stereocenters. The average Bonchev–Trinajstić information content (AvgIpc) is 2.64. The SMILES string of the molecule is C=CCn1c(SCC(=O)Nc2ccc(Br)cc2)nc2cc(Cl)ccc2c1=O. The van der Waals surface area contributed by atoms with Crippen molar-refractivity contribution in [1.29, 1.82) is 0 Å². The summed E-state index contributed by atoms with van der Waals surface area (Å²) in [5.74, 6) is -0.0703. The van der Waals surface area contributed by atoms with Gasteiger partial charge in [-0.2, -0.15) is 0 Å². The number of thioether (sulfide) groups is 1. The van der Waals surface area contributed by atoms with E-state index in [1.165, 1.54) is 16.3 Å². The molecule has 3 rings (SSSR count). The first-order chi connectivity index (χ1) is 13.0. The number of anilines is 1. The Morgan fingerprint density at radius 2 is 2.04 bits per heavy atom. The third-order valence-corrected chi connectivity index (χ3v) is 5.39. The Balaban J connectivity index is 1.83. The molecule has 0 bridgehead atoms. The Kier molecular flexibility index (Phi) is 6.36. The van der Waals surface area contributed by atoms with E-state index >= 15 is 0 Å². The van der Waals surface area contributed by atoms with E-state index in [0.29, 0.717) is 33.3 Å². The van der Waals surface area contributed by atoms with Gasteiger partial charge in [-0.3, -0.25) is 14.2 Å². The molecule has 0 saturated heterocycles. The number of benzene rings is 2. The van der Waals surface area contributed by atoms with Crippen LogP contribution in [0.4, 0.5) is 5.69 Å². The van der Waals surface area contributed by atoms with Crippen molar-refractivity contribution in [2.45, 2.75) is 11.7 Å². The fraction of sp³-hybridized carbons (Fsp3) is 0.105. The number of halogens is 2. The minimum Gasteiger partial charge on any atom is -0.325 e. The number of allylic oxidation sites excluding steroid dienone is 1. The number of fused-ring (bicyclic) bond motifs is 1. The van der Waals surface area contributed by atoms with E-state index in [2.05, 4.69) is 32.8 Å². The van der Waals surface area contributed by atoms with Gasteiger partial charge in [-0.05, 0) is 42.5 Å². The summed E-state index contributed by atoms with van der Waals surface area (Å²) in [6.07, 6.45) is 1.62. The molecule has 1 aromatic heterocycles. The van der Waals surface area contributed by atoms with Crippen LogP contribution in [-0.2, 0) is 11.3 Å². The number of carbonyl (C=O) groups is 1. The molecule has 0 saturated carbocycles. The van der Waals surface area contributed by atoms with Crippen molar-refractivity contribution in [2.24, 2.45) is 0 Å². The molecule has 138 valence electrons. The molecule has 1 heterocycles. The van der Waals surface area contributed by atoms with E-state index < -0.39 is 0 Å². The van der Waals surface area contributed by atoms with Crippen LogP contribution in [0.5, 0.6) is 0 Å². The van der Waals surface area contributed by atoms with E-state index in [0.717, 1.165) is 4.47 Å². The third kappa shape index (κ3) is 4.80. The second kappa shape index (κ2) is 8.73. The summed E-state index contributed by atoms with van der Waals surface area (Å²) in [5, 5.41) is 4.24. The molecule has 0 radical (unpaired) electrons. The van der Waals surface area contributed by atoms with Crippen LogP contribution in [0.25, 0.3) is 10.9 Å². The normalized spacial score (nSPS) is 10.7. The number of hydrogen-bond donors (Lipinski definition) is 1. The van der Waals surface area contributed by atoms with Crippen molar-refractivity contribution in [2.75, 3.05) is 11.1 Å². The minimum atomic E-state index is -0.188. The molecule has 1 amide bonds. The molecule has 3 aromatic rings. The van der Waals surface area contributed by atoms with Crippen LogP contribution < -0.4 is 10.9 Å². The smallest absolute Gasteiger partial charge is 0.262 e. The summed E-state index contributed by atoms with van der Waals surface area (Å²) in [4.78, 5) is 29.5. The molecule has 8 heteroatoms. The van der Waals surface area contributed by atoms with E-state index in [1.54, 1.807) is 36.4 Å². The first-order valence-electron chi connectivity index (χ1n) is 7.97. The summed E-state index contributed by atoms with van der Waals surface area (Å²) in [6.45, 7) is 4.00. The van der Waals surface area contributed by atoms with Gasteiger partial charge in [0.15, 0.2) is 5.16 Å². The van der Waals surface area contributed by atoms with E-state index in [1.807, 2.05) is 12.1 Å². The maximum Gasteiger partial charge on any atom is 0.262 e. The number of rotatable bonds is 6. The number of carbonyl (C=O) groups excluding carboxylic acids is 1. The largest absolute Gasteiger partial charge is 0.325 e. The summed E-state index contributed by atoms with van der Waals surface area (Å²) < 4.78 is 2.43. The van der Waals surface area contributed by atoms with Crippen LogP contribution in [0.15, 0.2) is 69.5 Å². The van der Waals surface area contributed by atoms with Gasteiger partial charge in [0, 0.05) is 21.7 Å². The molecule has 5 nitrogen and oxygen atoms in total. The highest BCUT2D eigenvalue weighted by Gasteiger charge is 2.13. The van der Waals surface area contributed by atoms with Crippen molar-refractivity contribution >= 4 is 61.8 Å². The zero-order chi connectivity index (χ0) is 19.4. The van der Waals surface area contributed by atoms with Crippen LogP contribution in [0.3, 0.4) is 0 Å². The summed E-state index contributed by atoms with van der Waals surface area (Å²) >= 11 is 10.6. The van der Waals surface area contributed by atoms with Gasteiger partial charge in [0.25, 0.3) is 5.56 Å². The monoisotopic (exact) mass is 463 g/mol. The Hall–Kier alpha value is -2.09. The quantitative estimate of drug-likeness (QED) is 0.325. The van der Waals surface area contributed by atoms with Crippen molar-refractivity contribution in [3.63, 3.8) is 0 Å². The summed E-state index contributed by atoms with van der Waals surface area (Å²) in [7, 11) is 0. The molecular weight excluding hydrogens is 450 g/mol. The highest BCUT2D eigenvalue weighted by Crippen LogP contribution is 2.21. The second-order valence-corrected chi connectivity index (χ2v) is 7.90. The van der Waals surface area contributed by atoms with E-state index in [4.69, 9.17) is 11.6 Å². The lowest BCUT2D eigenvalue weighted by atomic mass is 10.2. The van der Waals surface area contributed by atoms with Crippen LogP contribution in [0, 0.1) is 0 Å². The van der Waals surface area contributed by atoms with Crippen LogP contribution >= 0.6 is 39.3 Å². The van der Waals surface area contributed by atoms with Gasteiger partial charge in [-0.1, -0.05) is 45.4 Å². The van der Waals surface area contributed by atoms with Crippen molar-refractivity contribution in [1.82, 2.24) is 9.55 Å². The van der Waals surface area contributed by atoms with Crippen LogP contribution in [0.1, 0.15) is 0 Å². The van der Waals surface area contributed by atoms with Gasteiger partial charge in [-0.15, -0.1) is 6.58 Å². The number of nitrogens with zero attached hydrogens (tertiary/aromatic N) is 2. The maximum absolute atomic E-state index is 12.7. The van der Waals surface area contributed by atoms with Gasteiger partial charge in [0.1, 0.15) is 0 Å². The summed E-state index contributed by atoms with van der Waals surface area (Å²) in [5.41, 5.74) is 1.02. The fourth-order valence-corrected chi connectivity index (χ4v) is 3.67. The number of aromatic nitrogens is 2. The first-order valence-corrected chi connectivity index (χ1v) is 10.1. The molecule has 0 aliphatic carbocycles. The van der Waals surface area contributed by atoms with Gasteiger partial charge in [0.05, 0.1) is 16.7 Å². The molecule has 0 spiro atoms. The molecule has 2 aromatic carbocycles. The van der Waals surface area contributed by atoms with Gasteiger partial charge >= 0.3 is 0 Å². The lowest BCUT2D eigenvalue weighted by Gasteiger charge is -2.11. The van der Waals surface area contributed by atoms with Crippen molar-refractivity contribution in [3.8, 4) is 0 Å². The Morgan fingerprint density at radius 3 is 2.74 bits per heavy atom. The predicted octanol–water partition coefficient (Wildman–Crippen LogP) is 4.73. The van der Waals surface area contributed by atoms with Crippen LogP contribution in [-0.4, -0.2) is 21.2 Å². The van der Waals surface area contributed by atoms with E-state index in [-0.39, 0.29) is 17.2 Å². The molecule has 0 fully saturated rings. The molecule has 0 aliphatic rings. The standard InChI is InChI=1S/C19H15BrClN3O2S/c1-2-9-24-18(26)15-8-5-13(21)10-16(15)23-19(24)27-11-17(25)22-14-6-3-12(20)4-7-14/h2-8,10H,1,9,11H2,(H,22,25). The predicted molar refractivity (Wildman–Crippen MR) is 115 cm³/mol. The highest BCUT2D eigenvalue weighted by molar-refractivity contribution is 9.10. The Labute approximate surface area is 173 Å². The van der Waals surface area contributed by atoms with Gasteiger partial charge in [-0.25, -0.2) is 4.98 Å². The number of amides is 1. The zero-order valence-corrected chi connectivity index (χ0v) is 17.3. The van der Waals surface area contributed by atoms with Gasteiger partial charge < -0.3 is 5.32 Å². The topological polar surface area (TPSA) is 64.0 Å². The first kappa shape index (κ1) is 19.7. The fourth-order valence-electron chi connectivity index (χ4n) is 2.43. The third-order valence-electron chi connectivity index (χ3n) is 3.65. The molecule has 1 N–H and O–H groups in total. The average molecular weight is 465 g/mol. The van der Waals surface area contributed by atoms with Crippen LogP contribution in [0.2, 0.25) is 5.02 Å². The lowest BCUT2D eigenvalue weighted by Crippen LogP contribution is -2.23. The number of nitrogens with one attached hydrogen (secondary N) is 1. The minimum absolute atomic E-state index is 0.117. The van der Waals surface area contributed by atoms with Crippen molar-refractivity contribution < 1.29 is 4.79 Å². The van der Waals surface area contributed by atoms with Gasteiger partial charge in [0.2, 0.25) is 5.91 Å². The van der Waals surface area contributed by atoms with Crippen molar-refractivity contribution in [3.05, 3.63) is 75.0 Å². The molecular formula is C19H15BrClN3O2S. The maximum atomic E-state index is 12.7. The summed E-state index contributed by atoms with van der Waals surface area (Å²) in [6, 6.07) is 12.2. The van der Waals surface area contributed by atoms with E-state index in [9.17, 15) is 9.59 Å². The molecule has 0 atom stereocenters. The highest BCUT2D eigenvalue weighted by atomic mass is 79.9. The molecule has 27 heavy (non-hydrogen) atoms. The Bertz CT molecular complexity index is 1070. The molecule has 0 aliphatic heterocycles. The zero-order valence-electron chi connectivity index (χ0n) is 14.1. The second-order valence-electron chi connectivity index (χ2n) is 5.60. The Morgan fingerprint density at radius 1 is 1.30 bits per heavy atom. The number of hydrogen-bond acceptors (Lipinski definition) is 4.